The number of benzene rings is 1. The number of ketones is 1. The first-order valence-corrected chi connectivity index (χ1v) is 8.67. The summed E-state index contributed by atoms with van der Waals surface area (Å²) in [5, 5.41) is 3.66. The minimum atomic E-state index is 0. The quantitative estimate of drug-likeness (QED) is 0.643. The lowest BCUT2D eigenvalue weighted by molar-refractivity contribution is 0.0989. The number of rotatable bonds is 7. The zero-order valence-electron chi connectivity index (χ0n) is 14.0. The van der Waals surface area contributed by atoms with Crippen molar-refractivity contribution < 1.29 is 4.79 Å². The number of unbranched alkanes of at least 4 members (excludes halogenated alkanes) is 1. The standard InChI is InChI=1S/C19H29NO.ClH/c1-3-5-9-15-12-13-17(19(21)4-2)18(14-15)20-16-10-7-6-8-11-16;/h12-14,16,20H,3-11H2,1-2H3;1H. The molecule has 1 aromatic rings. The van der Waals surface area contributed by atoms with Crippen molar-refractivity contribution in [2.75, 3.05) is 5.32 Å². The first kappa shape index (κ1) is 19.0. The number of hydrogen-bond acceptors (Lipinski definition) is 2. The molecule has 0 heterocycles. The van der Waals surface area contributed by atoms with Crippen LogP contribution in [-0.2, 0) is 6.42 Å². The van der Waals surface area contributed by atoms with E-state index in [1.54, 1.807) is 0 Å². The number of hydrogen-bond donors (Lipinski definition) is 1. The van der Waals surface area contributed by atoms with Crippen molar-refractivity contribution in [3.05, 3.63) is 29.3 Å². The van der Waals surface area contributed by atoms with Crippen molar-refractivity contribution in [2.45, 2.75) is 77.7 Å². The Kier molecular flexibility index (Phi) is 8.55. The molecule has 0 bridgehead atoms. The molecule has 0 aliphatic heterocycles. The minimum absolute atomic E-state index is 0. The third kappa shape index (κ3) is 5.31. The maximum absolute atomic E-state index is 12.2. The van der Waals surface area contributed by atoms with Gasteiger partial charge in [0.2, 0.25) is 0 Å². The van der Waals surface area contributed by atoms with Gasteiger partial charge in [0.1, 0.15) is 0 Å². The highest BCUT2D eigenvalue weighted by molar-refractivity contribution is 6.01. The summed E-state index contributed by atoms with van der Waals surface area (Å²) in [7, 11) is 0. The molecular formula is C19H30ClNO. The molecule has 0 unspecified atom stereocenters. The summed E-state index contributed by atoms with van der Waals surface area (Å²) in [6, 6.07) is 6.92. The third-order valence-corrected chi connectivity index (χ3v) is 4.49. The van der Waals surface area contributed by atoms with Gasteiger partial charge < -0.3 is 5.32 Å². The van der Waals surface area contributed by atoms with Crippen molar-refractivity contribution in [3.63, 3.8) is 0 Å². The lowest BCUT2D eigenvalue weighted by atomic mass is 9.94. The van der Waals surface area contributed by atoms with E-state index in [4.69, 9.17) is 0 Å². The number of nitrogens with one attached hydrogen (secondary N) is 1. The molecule has 0 atom stereocenters. The lowest BCUT2D eigenvalue weighted by Gasteiger charge is -2.25. The van der Waals surface area contributed by atoms with E-state index in [1.165, 1.54) is 50.5 Å². The molecule has 1 N–H and O–H groups in total. The second-order valence-corrected chi connectivity index (χ2v) is 6.24. The van der Waals surface area contributed by atoms with Gasteiger partial charge in [0.05, 0.1) is 0 Å². The summed E-state index contributed by atoms with van der Waals surface area (Å²) in [6.07, 6.45) is 10.6. The number of aryl methyl sites for hydroxylation is 1. The van der Waals surface area contributed by atoms with E-state index in [0.717, 1.165) is 17.7 Å². The Morgan fingerprint density at radius 2 is 1.91 bits per heavy atom. The van der Waals surface area contributed by atoms with Gasteiger partial charge in [0.15, 0.2) is 5.78 Å². The second-order valence-electron chi connectivity index (χ2n) is 6.24. The molecule has 1 aromatic carbocycles. The van der Waals surface area contributed by atoms with Crippen LogP contribution in [0.15, 0.2) is 18.2 Å². The van der Waals surface area contributed by atoms with Crippen molar-refractivity contribution >= 4 is 23.9 Å². The van der Waals surface area contributed by atoms with E-state index >= 15 is 0 Å². The van der Waals surface area contributed by atoms with Gasteiger partial charge in [-0.25, -0.2) is 0 Å². The van der Waals surface area contributed by atoms with E-state index in [1.807, 2.05) is 13.0 Å². The molecule has 22 heavy (non-hydrogen) atoms. The fraction of sp³-hybridized carbons (Fsp3) is 0.632. The van der Waals surface area contributed by atoms with Crippen LogP contribution in [0, 0.1) is 0 Å². The Balaban J connectivity index is 0.00000242. The van der Waals surface area contributed by atoms with Gasteiger partial charge in [-0.2, -0.15) is 0 Å². The van der Waals surface area contributed by atoms with Crippen LogP contribution in [0.25, 0.3) is 0 Å². The summed E-state index contributed by atoms with van der Waals surface area (Å²) < 4.78 is 0. The van der Waals surface area contributed by atoms with Crippen molar-refractivity contribution in [3.8, 4) is 0 Å². The summed E-state index contributed by atoms with van der Waals surface area (Å²) in [5.74, 6) is 0.246. The van der Waals surface area contributed by atoms with Crippen LogP contribution in [0.5, 0.6) is 0 Å². The van der Waals surface area contributed by atoms with Gasteiger partial charge in [-0.05, 0) is 43.4 Å². The van der Waals surface area contributed by atoms with Gasteiger partial charge in [0.25, 0.3) is 0 Å². The zero-order valence-corrected chi connectivity index (χ0v) is 14.8. The first-order valence-electron chi connectivity index (χ1n) is 8.67. The van der Waals surface area contributed by atoms with Crippen molar-refractivity contribution in [2.24, 2.45) is 0 Å². The Hall–Kier alpha value is -1.02. The third-order valence-electron chi connectivity index (χ3n) is 4.49. The van der Waals surface area contributed by atoms with Crippen molar-refractivity contribution in [1.82, 2.24) is 0 Å². The van der Waals surface area contributed by atoms with Crippen LogP contribution < -0.4 is 5.32 Å². The van der Waals surface area contributed by atoms with E-state index in [0.29, 0.717) is 12.5 Å². The Labute approximate surface area is 141 Å². The van der Waals surface area contributed by atoms with Crippen LogP contribution in [-0.4, -0.2) is 11.8 Å². The largest absolute Gasteiger partial charge is 0.382 e. The van der Waals surface area contributed by atoms with Gasteiger partial charge in [-0.1, -0.05) is 45.6 Å². The van der Waals surface area contributed by atoms with E-state index in [2.05, 4.69) is 24.4 Å². The van der Waals surface area contributed by atoms with Crippen LogP contribution >= 0.6 is 12.4 Å². The van der Waals surface area contributed by atoms with Crippen LogP contribution in [0.3, 0.4) is 0 Å². The summed E-state index contributed by atoms with van der Waals surface area (Å²) in [5.41, 5.74) is 3.30. The minimum Gasteiger partial charge on any atom is -0.382 e. The first-order chi connectivity index (χ1) is 10.2. The monoisotopic (exact) mass is 323 g/mol. The highest BCUT2D eigenvalue weighted by Crippen LogP contribution is 2.26. The number of Topliss-reactive ketones (excluding diaryl/α,β-unsaturated/α-hetero) is 1. The number of carbonyl (C=O) groups excluding carboxylic acids is 1. The van der Waals surface area contributed by atoms with Crippen molar-refractivity contribution in [1.29, 1.82) is 0 Å². The van der Waals surface area contributed by atoms with Gasteiger partial charge in [0, 0.05) is 23.7 Å². The maximum atomic E-state index is 12.2. The molecule has 0 aromatic heterocycles. The highest BCUT2D eigenvalue weighted by atomic mass is 35.5. The normalized spacial score (nSPS) is 15.2. The molecule has 3 heteroatoms. The number of anilines is 1. The molecular weight excluding hydrogens is 294 g/mol. The highest BCUT2D eigenvalue weighted by Gasteiger charge is 2.17. The van der Waals surface area contributed by atoms with Crippen LogP contribution in [0.1, 0.15) is 81.1 Å². The van der Waals surface area contributed by atoms with Crippen LogP contribution in [0.2, 0.25) is 0 Å². The molecule has 1 saturated carbocycles. The van der Waals surface area contributed by atoms with E-state index in [-0.39, 0.29) is 18.2 Å². The molecule has 124 valence electrons. The second kappa shape index (κ2) is 9.89. The van der Waals surface area contributed by atoms with E-state index in [9.17, 15) is 4.79 Å². The molecule has 1 aliphatic rings. The number of carbonyl (C=O) groups is 1. The Bertz CT molecular complexity index is 467. The maximum Gasteiger partial charge on any atom is 0.164 e. The Morgan fingerprint density at radius 3 is 2.55 bits per heavy atom. The molecule has 1 fully saturated rings. The molecule has 0 amide bonds. The number of halogens is 1. The van der Waals surface area contributed by atoms with E-state index < -0.39 is 0 Å². The summed E-state index contributed by atoms with van der Waals surface area (Å²) in [4.78, 5) is 12.2. The van der Waals surface area contributed by atoms with Gasteiger partial charge >= 0.3 is 0 Å². The molecule has 0 radical (unpaired) electrons. The van der Waals surface area contributed by atoms with Gasteiger partial charge in [-0.15, -0.1) is 12.4 Å². The molecule has 2 rings (SSSR count). The summed E-state index contributed by atoms with van der Waals surface area (Å²) in [6.45, 7) is 4.16. The zero-order chi connectivity index (χ0) is 15.1. The molecule has 1 aliphatic carbocycles. The average molecular weight is 324 g/mol. The van der Waals surface area contributed by atoms with Gasteiger partial charge in [-0.3, -0.25) is 4.79 Å². The molecule has 2 nitrogen and oxygen atoms in total. The molecule has 0 saturated heterocycles. The summed E-state index contributed by atoms with van der Waals surface area (Å²) >= 11 is 0. The SMILES string of the molecule is CCCCc1ccc(C(=O)CC)c(NC2CCCCC2)c1.Cl. The molecule has 0 spiro atoms. The van der Waals surface area contributed by atoms with Crippen LogP contribution in [0.4, 0.5) is 5.69 Å². The fourth-order valence-electron chi connectivity index (χ4n) is 3.15. The predicted molar refractivity (Wildman–Crippen MR) is 97.4 cm³/mol. The lowest BCUT2D eigenvalue weighted by Crippen LogP contribution is -2.23. The average Bonchev–Trinajstić information content (AvgIpc) is 2.53. The smallest absolute Gasteiger partial charge is 0.164 e. The Morgan fingerprint density at radius 1 is 1.18 bits per heavy atom. The topological polar surface area (TPSA) is 29.1 Å². The predicted octanol–water partition coefficient (Wildman–Crippen LogP) is 5.79. The fourth-order valence-corrected chi connectivity index (χ4v) is 3.15.